The summed E-state index contributed by atoms with van der Waals surface area (Å²) in [5.74, 6) is -2.34. The molecule has 4 unspecified atom stereocenters. The van der Waals surface area contributed by atoms with Crippen molar-refractivity contribution >= 4 is 23.0 Å². The van der Waals surface area contributed by atoms with Crippen molar-refractivity contribution < 1.29 is 34.8 Å². The Morgan fingerprint density at radius 2 is 1.78 bits per heavy atom. The van der Waals surface area contributed by atoms with Crippen LogP contribution < -0.4 is 4.90 Å². The number of aliphatic hydroxyl groups excluding tert-OH is 3. The van der Waals surface area contributed by atoms with Gasteiger partial charge < -0.3 is 25.3 Å². The van der Waals surface area contributed by atoms with E-state index in [1.165, 1.54) is 6.92 Å². The number of allylic oxidation sites excluding steroid dienone is 1. The summed E-state index contributed by atoms with van der Waals surface area (Å²) in [7, 11) is 3.79. The molecule has 36 heavy (non-hydrogen) atoms. The van der Waals surface area contributed by atoms with Gasteiger partial charge in [0.1, 0.15) is 11.5 Å². The van der Waals surface area contributed by atoms with Crippen LogP contribution in [0.15, 0.2) is 17.4 Å². The Hall–Kier alpha value is -2.71. The first kappa shape index (κ1) is 27.9. The zero-order valence-electron chi connectivity index (χ0n) is 21.7. The van der Waals surface area contributed by atoms with E-state index in [1.807, 2.05) is 25.1 Å². The van der Waals surface area contributed by atoms with Gasteiger partial charge in [-0.1, -0.05) is 6.92 Å². The van der Waals surface area contributed by atoms with Crippen molar-refractivity contribution in [1.29, 1.82) is 0 Å². The maximum atomic E-state index is 13.3. The van der Waals surface area contributed by atoms with Crippen molar-refractivity contribution in [2.45, 2.75) is 58.8 Å². The van der Waals surface area contributed by atoms with Gasteiger partial charge in [0.2, 0.25) is 0 Å². The predicted molar refractivity (Wildman–Crippen MR) is 136 cm³/mol. The number of Topliss-reactive ketones (excluding diaryl/α,β-unsaturated/α-hetero) is 3. The molecule has 0 spiro atoms. The van der Waals surface area contributed by atoms with Crippen molar-refractivity contribution in [2.75, 3.05) is 32.2 Å². The van der Waals surface area contributed by atoms with Gasteiger partial charge in [0.25, 0.3) is 0 Å². The lowest BCUT2D eigenvalue weighted by atomic mass is 9.70. The van der Waals surface area contributed by atoms with Crippen molar-refractivity contribution in [2.24, 2.45) is 23.7 Å². The molecule has 8 nitrogen and oxygen atoms in total. The molecule has 0 aromatic heterocycles. The fourth-order valence-electron chi connectivity index (χ4n) is 5.83. The van der Waals surface area contributed by atoms with Crippen LogP contribution in [0.1, 0.15) is 67.4 Å². The van der Waals surface area contributed by atoms with Crippen LogP contribution in [0.25, 0.3) is 0 Å². The molecule has 4 atom stereocenters. The normalized spacial score (nSPS) is 23.0. The van der Waals surface area contributed by atoms with Gasteiger partial charge in [0.15, 0.2) is 17.3 Å². The van der Waals surface area contributed by atoms with Crippen LogP contribution in [-0.4, -0.2) is 65.1 Å². The van der Waals surface area contributed by atoms with E-state index in [0.717, 1.165) is 23.2 Å². The standard InChI is InChI=1S/C28H39NO7/c1-15(7-8-30)5-6-18-12-22(29(3)4)20-10-17(11-23(33)26(20)27(18)35)9-19-13-24(34)25(16(2)32)28(36)21(19)14-31/h12,15,17,19,21,30-31,35-36H,5-11,13-14H2,1-4H3. The Kier molecular flexibility index (Phi) is 8.95. The van der Waals surface area contributed by atoms with Crippen molar-refractivity contribution in [1.82, 2.24) is 0 Å². The molecular formula is C28H39NO7. The average molecular weight is 502 g/mol. The summed E-state index contributed by atoms with van der Waals surface area (Å²) < 4.78 is 0. The van der Waals surface area contributed by atoms with E-state index >= 15 is 0 Å². The Bertz CT molecular complexity index is 1060. The molecule has 2 aliphatic carbocycles. The highest BCUT2D eigenvalue weighted by Gasteiger charge is 2.40. The lowest BCUT2D eigenvalue weighted by Crippen LogP contribution is -2.35. The monoisotopic (exact) mass is 501 g/mol. The van der Waals surface area contributed by atoms with Gasteiger partial charge in [-0.05, 0) is 74.0 Å². The third-order valence-electron chi connectivity index (χ3n) is 7.81. The van der Waals surface area contributed by atoms with E-state index in [0.29, 0.717) is 37.2 Å². The second-order valence-electron chi connectivity index (χ2n) is 10.7. The predicted octanol–water partition coefficient (Wildman–Crippen LogP) is 3.14. The van der Waals surface area contributed by atoms with Crippen LogP contribution in [0.4, 0.5) is 5.69 Å². The van der Waals surface area contributed by atoms with E-state index in [1.54, 1.807) is 0 Å². The molecule has 2 aliphatic rings. The number of carbonyl (C=O) groups excluding carboxylic acids is 3. The topological polar surface area (TPSA) is 135 Å². The minimum absolute atomic E-state index is 0.0306. The molecule has 0 fully saturated rings. The molecule has 0 bridgehead atoms. The van der Waals surface area contributed by atoms with Gasteiger partial charge >= 0.3 is 0 Å². The van der Waals surface area contributed by atoms with Gasteiger partial charge in [-0.25, -0.2) is 0 Å². The van der Waals surface area contributed by atoms with Crippen LogP contribution in [-0.2, 0) is 22.4 Å². The minimum atomic E-state index is -0.719. The van der Waals surface area contributed by atoms with Gasteiger partial charge in [0.05, 0.1) is 17.7 Å². The molecule has 0 heterocycles. The summed E-state index contributed by atoms with van der Waals surface area (Å²) in [6, 6.07) is 1.93. The molecule has 198 valence electrons. The number of anilines is 1. The SMILES string of the molecule is CC(=O)C1=C(O)C(CO)C(CC2CC(=O)c3c(O)c(CCC(C)CCO)cc(N(C)C)c3C2)CC1=O. The average Bonchev–Trinajstić information content (AvgIpc) is 2.78. The fourth-order valence-corrected chi connectivity index (χ4v) is 5.83. The first-order chi connectivity index (χ1) is 17.0. The summed E-state index contributed by atoms with van der Waals surface area (Å²) in [6.07, 6.45) is 3.27. The first-order valence-electron chi connectivity index (χ1n) is 12.8. The summed E-state index contributed by atoms with van der Waals surface area (Å²) >= 11 is 0. The number of carbonyl (C=O) groups is 3. The molecule has 0 amide bonds. The van der Waals surface area contributed by atoms with Gasteiger partial charge in [0, 0.05) is 45.1 Å². The number of aromatic hydroxyl groups is 1. The van der Waals surface area contributed by atoms with E-state index in [2.05, 4.69) is 6.92 Å². The Balaban J connectivity index is 1.89. The van der Waals surface area contributed by atoms with Gasteiger partial charge in [-0.15, -0.1) is 0 Å². The van der Waals surface area contributed by atoms with Crippen LogP contribution in [0.5, 0.6) is 5.75 Å². The lowest BCUT2D eigenvalue weighted by molar-refractivity contribution is -0.123. The second-order valence-corrected chi connectivity index (χ2v) is 10.7. The second kappa shape index (κ2) is 11.6. The quantitative estimate of drug-likeness (QED) is 0.359. The third kappa shape index (κ3) is 5.65. The number of phenolic OH excluding ortho intramolecular Hbond substituents is 1. The number of aryl methyl sites for hydroxylation is 1. The Labute approximate surface area is 212 Å². The number of fused-ring (bicyclic) bond motifs is 1. The number of phenols is 1. The zero-order chi connectivity index (χ0) is 26.7. The van der Waals surface area contributed by atoms with E-state index < -0.39 is 17.5 Å². The number of benzene rings is 1. The summed E-state index contributed by atoms with van der Waals surface area (Å²) in [4.78, 5) is 39.6. The molecule has 3 rings (SSSR count). The molecule has 0 radical (unpaired) electrons. The van der Waals surface area contributed by atoms with Crippen molar-refractivity contribution in [3.63, 3.8) is 0 Å². The smallest absolute Gasteiger partial charge is 0.170 e. The van der Waals surface area contributed by atoms with E-state index in [-0.39, 0.29) is 60.8 Å². The van der Waals surface area contributed by atoms with Crippen LogP contribution in [0.3, 0.4) is 0 Å². The van der Waals surface area contributed by atoms with E-state index in [4.69, 9.17) is 0 Å². The molecule has 1 aromatic rings. The Morgan fingerprint density at radius 1 is 1.08 bits per heavy atom. The minimum Gasteiger partial charge on any atom is -0.511 e. The first-order valence-corrected chi connectivity index (χ1v) is 12.8. The van der Waals surface area contributed by atoms with Crippen molar-refractivity contribution in [3.8, 4) is 5.75 Å². The zero-order valence-corrected chi connectivity index (χ0v) is 21.7. The number of ketones is 3. The summed E-state index contributed by atoms with van der Waals surface area (Å²) in [5, 5.41) is 40.7. The highest BCUT2D eigenvalue weighted by atomic mass is 16.3. The highest BCUT2D eigenvalue weighted by molar-refractivity contribution is 6.20. The number of hydrogen-bond acceptors (Lipinski definition) is 8. The maximum absolute atomic E-state index is 13.3. The number of aliphatic hydroxyl groups is 3. The number of hydrogen-bond donors (Lipinski definition) is 4. The maximum Gasteiger partial charge on any atom is 0.170 e. The third-order valence-corrected chi connectivity index (χ3v) is 7.81. The van der Waals surface area contributed by atoms with Crippen LogP contribution >= 0.6 is 0 Å². The Morgan fingerprint density at radius 3 is 2.36 bits per heavy atom. The molecule has 8 heteroatoms. The lowest BCUT2D eigenvalue weighted by Gasteiger charge is -2.35. The highest BCUT2D eigenvalue weighted by Crippen LogP contribution is 2.44. The van der Waals surface area contributed by atoms with Gasteiger partial charge in [-0.3, -0.25) is 14.4 Å². The molecule has 0 saturated carbocycles. The fraction of sp³-hybridized carbons (Fsp3) is 0.607. The summed E-state index contributed by atoms with van der Waals surface area (Å²) in [6.45, 7) is 3.01. The van der Waals surface area contributed by atoms with Crippen molar-refractivity contribution in [3.05, 3.63) is 34.1 Å². The largest absolute Gasteiger partial charge is 0.511 e. The summed E-state index contributed by atoms with van der Waals surface area (Å²) in [5.41, 5.74) is 2.50. The van der Waals surface area contributed by atoms with Crippen LogP contribution in [0, 0.1) is 23.7 Å². The molecule has 0 aliphatic heterocycles. The molecule has 1 aromatic carbocycles. The van der Waals surface area contributed by atoms with E-state index in [9.17, 15) is 34.8 Å². The molecule has 0 saturated heterocycles. The molecule has 4 N–H and O–H groups in total. The number of nitrogens with zero attached hydrogens (tertiary/aromatic N) is 1. The number of rotatable bonds is 10. The van der Waals surface area contributed by atoms with Gasteiger partial charge in [-0.2, -0.15) is 0 Å². The van der Waals surface area contributed by atoms with Crippen LogP contribution in [0.2, 0.25) is 0 Å². The molecular weight excluding hydrogens is 462 g/mol.